The molecule has 1 aromatic carbocycles. The summed E-state index contributed by atoms with van der Waals surface area (Å²) >= 11 is 0. The number of nitrogens with zero attached hydrogens (tertiary/aromatic N) is 2. The summed E-state index contributed by atoms with van der Waals surface area (Å²) in [5.74, 6) is -0.0960. The van der Waals surface area contributed by atoms with E-state index in [0.717, 1.165) is 31.5 Å². The molecule has 0 fully saturated rings. The predicted molar refractivity (Wildman–Crippen MR) is 104 cm³/mol. The van der Waals surface area contributed by atoms with Crippen molar-refractivity contribution in [1.29, 1.82) is 0 Å². The second kappa shape index (κ2) is 9.82. The third-order valence-corrected chi connectivity index (χ3v) is 4.19. The highest BCUT2D eigenvalue weighted by molar-refractivity contribution is 5.93. The van der Waals surface area contributed by atoms with Crippen LogP contribution in [0.1, 0.15) is 56.1 Å². The molecule has 0 aliphatic heterocycles. The maximum Gasteiger partial charge on any atom is 0.269 e. The number of pyridine rings is 1. The van der Waals surface area contributed by atoms with Gasteiger partial charge >= 0.3 is 0 Å². The number of unbranched alkanes of at least 4 members (excludes halogenated alkanes) is 2. The van der Waals surface area contributed by atoms with Crippen molar-refractivity contribution < 1.29 is 4.79 Å². The standard InChI is InChI=1S/C21H29N3O/c1-4-5-9-13-23-21(25)20-15-19(12-14-22-20)24(17(2)3)16-18-10-7-6-8-11-18/h6-8,10-12,14-15,17H,4-5,9,13,16H2,1-3H3,(H,23,25). The van der Waals surface area contributed by atoms with Crippen LogP contribution in [0.4, 0.5) is 5.69 Å². The molecule has 0 spiro atoms. The Kier molecular flexibility index (Phi) is 7.45. The number of rotatable bonds is 9. The number of amides is 1. The van der Waals surface area contributed by atoms with Gasteiger partial charge in [0.1, 0.15) is 5.69 Å². The second-order valence-corrected chi connectivity index (χ2v) is 6.57. The molecule has 25 heavy (non-hydrogen) atoms. The minimum atomic E-state index is -0.0960. The number of carbonyl (C=O) groups is 1. The van der Waals surface area contributed by atoms with E-state index in [2.05, 4.69) is 60.2 Å². The van der Waals surface area contributed by atoms with Crippen molar-refractivity contribution >= 4 is 11.6 Å². The average Bonchev–Trinajstić information content (AvgIpc) is 2.64. The minimum absolute atomic E-state index is 0.0960. The fourth-order valence-electron chi connectivity index (χ4n) is 2.74. The summed E-state index contributed by atoms with van der Waals surface area (Å²) in [5.41, 5.74) is 2.75. The molecule has 0 aliphatic rings. The Morgan fingerprint density at radius 2 is 1.92 bits per heavy atom. The maximum atomic E-state index is 12.3. The Bertz CT molecular complexity index is 655. The highest BCUT2D eigenvalue weighted by Gasteiger charge is 2.14. The first kappa shape index (κ1) is 19.0. The van der Waals surface area contributed by atoms with Gasteiger partial charge in [-0.2, -0.15) is 0 Å². The molecular weight excluding hydrogens is 310 g/mol. The summed E-state index contributed by atoms with van der Waals surface area (Å²) in [5, 5.41) is 2.96. The predicted octanol–water partition coefficient (Wildman–Crippen LogP) is 4.42. The lowest BCUT2D eigenvalue weighted by molar-refractivity contribution is 0.0948. The van der Waals surface area contributed by atoms with Gasteiger partial charge in [0.05, 0.1) is 0 Å². The van der Waals surface area contributed by atoms with E-state index in [4.69, 9.17) is 0 Å². The molecule has 1 amide bonds. The first-order valence-electron chi connectivity index (χ1n) is 9.16. The lowest BCUT2D eigenvalue weighted by atomic mass is 10.1. The number of nitrogens with one attached hydrogen (secondary N) is 1. The summed E-state index contributed by atoms with van der Waals surface area (Å²) in [6.45, 7) is 7.98. The maximum absolute atomic E-state index is 12.3. The number of anilines is 1. The van der Waals surface area contributed by atoms with Crippen LogP contribution >= 0.6 is 0 Å². The fraction of sp³-hybridized carbons (Fsp3) is 0.429. The fourth-order valence-corrected chi connectivity index (χ4v) is 2.74. The van der Waals surface area contributed by atoms with Crippen LogP contribution in [0.5, 0.6) is 0 Å². The zero-order valence-corrected chi connectivity index (χ0v) is 15.5. The molecule has 134 valence electrons. The van der Waals surface area contributed by atoms with Crippen LogP contribution in [0.25, 0.3) is 0 Å². The van der Waals surface area contributed by atoms with E-state index in [1.807, 2.05) is 18.2 Å². The molecule has 2 rings (SSSR count). The Morgan fingerprint density at radius 1 is 1.16 bits per heavy atom. The zero-order chi connectivity index (χ0) is 18.1. The summed E-state index contributed by atoms with van der Waals surface area (Å²) in [6, 6.07) is 14.6. The number of hydrogen-bond donors (Lipinski definition) is 1. The summed E-state index contributed by atoms with van der Waals surface area (Å²) in [6.07, 6.45) is 5.00. The smallest absolute Gasteiger partial charge is 0.269 e. The molecule has 1 N–H and O–H groups in total. The van der Waals surface area contributed by atoms with E-state index in [-0.39, 0.29) is 5.91 Å². The first-order valence-corrected chi connectivity index (χ1v) is 9.16. The van der Waals surface area contributed by atoms with Gasteiger partial charge in [0.2, 0.25) is 0 Å². The van der Waals surface area contributed by atoms with E-state index < -0.39 is 0 Å². The molecule has 2 aromatic rings. The topological polar surface area (TPSA) is 45.2 Å². The van der Waals surface area contributed by atoms with Gasteiger partial charge in [-0.3, -0.25) is 9.78 Å². The van der Waals surface area contributed by atoms with Gasteiger partial charge in [-0.25, -0.2) is 0 Å². The van der Waals surface area contributed by atoms with Gasteiger partial charge in [-0.1, -0.05) is 50.1 Å². The Labute approximate surface area is 151 Å². The van der Waals surface area contributed by atoms with Crippen molar-refractivity contribution in [3.05, 3.63) is 59.9 Å². The Hall–Kier alpha value is -2.36. The van der Waals surface area contributed by atoms with Crippen LogP contribution in [0.2, 0.25) is 0 Å². The van der Waals surface area contributed by atoms with Crippen molar-refractivity contribution in [1.82, 2.24) is 10.3 Å². The number of hydrogen-bond acceptors (Lipinski definition) is 3. The molecule has 1 heterocycles. The van der Waals surface area contributed by atoms with Crippen molar-refractivity contribution in [3.63, 3.8) is 0 Å². The summed E-state index contributed by atoms with van der Waals surface area (Å²) in [7, 11) is 0. The monoisotopic (exact) mass is 339 g/mol. The molecule has 0 unspecified atom stereocenters. The molecule has 0 radical (unpaired) electrons. The van der Waals surface area contributed by atoms with Crippen LogP contribution in [-0.4, -0.2) is 23.5 Å². The van der Waals surface area contributed by atoms with E-state index in [9.17, 15) is 4.79 Å². The van der Waals surface area contributed by atoms with Gasteiger partial charge in [-0.05, 0) is 38.0 Å². The van der Waals surface area contributed by atoms with E-state index in [1.54, 1.807) is 6.20 Å². The molecule has 4 nitrogen and oxygen atoms in total. The van der Waals surface area contributed by atoms with E-state index >= 15 is 0 Å². The molecule has 0 saturated carbocycles. The largest absolute Gasteiger partial charge is 0.365 e. The summed E-state index contributed by atoms with van der Waals surface area (Å²) < 4.78 is 0. The number of carbonyl (C=O) groups excluding carboxylic acids is 1. The lowest BCUT2D eigenvalue weighted by Gasteiger charge is -2.29. The Morgan fingerprint density at radius 3 is 2.60 bits per heavy atom. The first-order chi connectivity index (χ1) is 12.1. The Balaban J connectivity index is 2.10. The van der Waals surface area contributed by atoms with Crippen molar-refractivity contribution in [2.24, 2.45) is 0 Å². The molecule has 4 heteroatoms. The minimum Gasteiger partial charge on any atom is -0.365 e. The third kappa shape index (κ3) is 5.89. The average molecular weight is 339 g/mol. The summed E-state index contributed by atoms with van der Waals surface area (Å²) in [4.78, 5) is 18.8. The van der Waals surface area contributed by atoms with Crippen LogP contribution in [-0.2, 0) is 6.54 Å². The van der Waals surface area contributed by atoms with Crippen molar-refractivity contribution in [3.8, 4) is 0 Å². The van der Waals surface area contributed by atoms with Crippen molar-refractivity contribution in [2.75, 3.05) is 11.4 Å². The van der Waals surface area contributed by atoms with E-state index in [1.165, 1.54) is 5.56 Å². The quantitative estimate of drug-likeness (QED) is 0.688. The molecule has 1 aromatic heterocycles. The van der Waals surface area contributed by atoms with Crippen LogP contribution in [0.15, 0.2) is 48.7 Å². The number of aromatic nitrogens is 1. The van der Waals surface area contributed by atoms with Gasteiger partial charge < -0.3 is 10.2 Å². The van der Waals surface area contributed by atoms with Crippen LogP contribution < -0.4 is 10.2 Å². The van der Waals surface area contributed by atoms with Gasteiger partial charge in [-0.15, -0.1) is 0 Å². The highest BCUT2D eigenvalue weighted by Crippen LogP contribution is 2.20. The molecule has 0 aliphatic carbocycles. The third-order valence-electron chi connectivity index (χ3n) is 4.19. The zero-order valence-electron chi connectivity index (χ0n) is 15.5. The SMILES string of the molecule is CCCCCNC(=O)c1cc(N(Cc2ccccc2)C(C)C)ccn1. The lowest BCUT2D eigenvalue weighted by Crippen LogP contribution is -2.31. The van der Waals surface area contributed by atoms with Gasteiger partial charge in [0, 0.05) is 31.0 Å². The number of benzene rings is 1. The normalized spacial score (nSPS) is 10.7. The molecular formula is C21H29N3O. The van der Waals surface area contributed by atoms with Crippen LogP contribution in [0, 0.1) is 0 Å². The van der Waals surface area contributed by atoms with Crippen LogP contribution in [0.3, 0.4) is 0 Å². The molecule has 0 atom stereocenters. The van der Waals surface area contributed by atoms with E-state index in [0.29, 0.717) is 18.3 Å². The van der Waals surface area contributed by atoms with Crippen molar-refractivity contribution in [2.45, 2.75) is 52.6 Å². The second-order valence-electron chi connectivity index (χ2n) is 6.57. The molecule has 0 saturated heterocycles. The molecule has 0 bridgehead atoms. The van der Waals surface area contributed by atoms with Gasteiger partial charge in [0.15, 0.2) is 0 Å². The highest BCUT2D eigenvalue weighted by atomic mass is 16.1. The van der Waals surface area contributed by atoms with Gasteiger partial charge in [0.25, 0.3) is 5.91 Å².